The van der Waals surface area contributed by atoms with E-state index in [2.05, 4.69) is 32.7 Å². The zero-order valence-corrected chi connectivity index (χ0v) is 22.7. The van der Waals surface area contributed by atoms with Gasteiger partial charge in [-0.1, -0.05) is 50.3 Å². The Morgan fingerprint density at radius 1 is 1.26 bits per heavy atom. The Hall–Kier alpha value is -2.85. The van der Waals surface area contributed by atoms with E-state index >= 15 is 0 Å². The Balaban J connectivity index is 1.28. The second-order valence-corrected chi connectivity index (χ2v) is 11.7. The second-order valence-electron chi connectivity index (χ2n) is 11.7. The van der Waals surface area contributed by atoms with Crippen LogP contribution in [0.5, 0.6) is 0 Å². The standard InChI is InChI=1S/C28H38BN3O6/c1-6-11-23(29-37-22-15-19-14-21(27(19,3)4)28(22,5)38-29)30-24(33)20-16-31(7-2)25(34)32(20)26(35)36-17-18-12-9-8-10-13-18/h6,8-10,12-13,19-23H,1,7,11,14-17H2,2-5H3,(H,30,33)/t19?,20-,21?,22?,23-,28-/m0/s1. The van der Waals surface area contributed by atoms with Gasteiger partial charge < -0.3 is 24.3 Å². The van der Waals surface area contributed by atoms with Crippen molar-refractivity contribution in [2.75, 3.05) is 13.1 Å². The number of hydrogen-bond acceptors (Lipinski definition) is 6. The number of ether oxygens (including phenoxy) is 1. The summed E-state index contributed by atoms with van der Waals surface area (Å²) in [6.07, 6.45) is 3.34. The van der Waals surface area contributed by atoms with E-state index in [1.807, 2.05) is 37.3 Å². The van der Waals surface area contributed by atoms with Gasteiger partial charge in [-0.05, 0) is 55.9 Å². The summed E-state index contributed by atoms with van der Waals surface area (Å²) in [4.78, 5) is 41.9. The highest BCUT2D eigenvalue weighted by molar-refractivity contribution is 6.48. The molecule has 2 saturated heterocycles. The van der Waals surface area contributed by atoms with Gasteiger partial charge in [-0.2, -0.15) is 0 Å². The number of benzene rings is 1. The van der Waals surface area contributed by atoms with Crippen LogP contribution < -0.4 is 5.32 Å². The lowest BCUT2D eigenvalue weighted by molar-refractivity contribution is -0.199. The van der Waals surface area contributed by atoms with Crippen LogP contribution in [-0.2, 0) is 25.4 Å². The summed E-state index contributed by atoms with van der Waals surface area (Å²) in [7, 11) is -0.639. The van der Waals surface area contributed by atoms with Gasteiger partial charge >= 0.3 is 19.2 Å². The van der Waals surface area contributed by atoms with E-state index in [-0.39, 0.29) is 24.7 Å². The Labute approximate surface area is 225 Å². The SMILES string of the molecule is C=CC[C@H](NC(=O)[C@@H]1CN(CC)C(=O)N1C(=O)OCc1ccccc1)B1OC2CC3CC(C3(C)C)[C@]2(C)O1. The van der Waals surface area contributed by atoms with Gasteiger partial charge in [0.25, 0.3) is 0 Å². The minimum atomic E-state index is -1.02. The van der Waals surface area contributed by atoms with Crippen molar-refractivity contribution in [3.05, 3.63) is 48.6 Å². The number of nitrogens with one attached hydrogen (secondary N) is 1. The number of carbonyl (C=O) groups is 3. The molecule has 0 radical (unpaired) electrons. The summed E-state index contributed by atoms with van der Waals surface area (Å²) < 4.78 is 18.4. The molecule has 38 heavy (non-hydrogen) atoms. The van der Waals surface area contributed by atoms with Crippen LogP contribution in [0.1, 0.15) is 52.5 Å². The molecule has 3 aliphatic carbocycles. The Kier molecular flexibility index (Phi) is 7.07. The molecule has 5 fully saturated rings. The van der Waals surface area contributed by atoms with E-state index in [0.29, 0.717) is 24.8 Å². The number of imide groups is 1. The van der Waals surface area contributed by atoms with Crippen LogP contribution in [0.4, 0.5) is 9.59 Å². The molecule has 5 aliphatic rings. The molecule has 4 amide bonds. The maximum absolute atomic E-state index is 13.6. The largest absolute Gasteiger partial charge is 0.482 e. The number of rotatable bonds is 8. The minimum Gasteiger partial charge on any atom is -0.444 e. The third-order valence-electron chi connectivity index (χ3n) is 9.31. The number of amides is 4. The molecule has 204 valence electrons. The van der Waals surface area contributed by atoms with Crippen molar-refractivity contribution < 1.29 is 28.4 Å². The second kappa shape index (κ2) is 10.0. The fourth-order valence-corrected chi connectivity index (χ4v) is 6.88. The van der Waals surface area contributed by atoms with Gasteiger partial charge in [0.15, 0.2) is 0 Å². The van der Waals surface area contributed by atoms with Gasteiger partial charge in [-0.3, -0.25) is 4.79 Å². The third-order valence-corrected chi connectivity index (χ3v) is 9.31. The molecule has 2 aliphatic heterocycles. The molecule has 1 N–H and O–H groups in total. The highest BCUT2D eigenvalue weighted by atomic mass is 16.7. The van der Waals surface area contributed by atoms with E-state index in [9.17, 15) is 14.4 Å². The average Bonchev–Trinajstić information content (AvgIpc) is 3.43. The van der Waals surface area contributed by atoms with Crippen LogP contribution in [0.25, 0.3) is 0 Å². The maximum Gasteiger partial charge on any atom is 0.482 e. The van der Waals surface area contributed by atoms with Crippen LogP contribution in [0.2, 0.25) is 0 Å². The van der Waals surface area contributed by atoms with Crippen LogP contribution in [0, 0.1) is 17.3 Å². The monoisotopic (exact) mass is 523 g/mol. The summed E-state index contributed by atoms with van der Waals surface area (Å²) in [6, 6.07) is 7.63. The summed E-state index contributed by atoms with van der Waals surface area (Å²) >= 11 is 0. The first kappa shape index (κ1) is 26.7. The number of likely N-dealkylation sites (N-methyl/N-ethyl adjacent to an activating group) is 1. The van der Waals surface area contributed by atoms with E-state index in [4.69, 9.17) is 14.0 Å². The lowest BCUT2D eigenvalue weighted by atomic mass is 9.43. The molecule has 1 aromatic rings. The van der Waals surface area contributed by atoms with Crippen molar-refractivity contribution in [3.8, 4) is 0 Å². The topological polar surface area (TPSA) is 97.4 Å². The van der Waals surface area contributed by atoms with Gasteiger partial charge in [0.1, 0.15) is 12.6 Å². The zero-order chi connectivity index (χ0) is 27.2. The quantitative estimate of drug-likeness (QED) is 0.412. The van der Waals surface area contributed by atoms with Crippen molar-refractivity contribution in [3.63, 3.8) is 0 Å². The van der Waals surface area contributed by atoms with Crippen molar-refractivity contribution in [1.82, 2.24) is 15.1 Å². The predicted octanol–water partition coefficient (Wildman–Crippen LogP) is 3.78. The molecule has 3 saturated carbocycles. The Morgan fingerprint density at radius 2 is 2.00 bits per heavy atom. The van der Waals surface area contributed by atoms with Gasteiger partial charge in [-0.25, -0.2) is 14.5 Å². The summed E-state index contributed by atoms with van der Waals surface area (Å²) in [5.41, 5.74) is 0.580. The fraction of sp³-hybridized carbons (Fsp3) is 0.607. The van der Waals surface area contributed by atoms with Gasteiger partial charge in [0, 0.05) is 6.54 Å². The van der Waals surface area contributed by atoms with Crippen LogP contribution in [0.3, 0.4) is 0 Å². The van der Waals surface area contributed by atoms with E-state index < -0.39 is 42.7 Å². The van der Waals surface area contributed by atoms with E-state index in [0.717, 1.165) is 23.3 Å². The van der Waals surface area contributed by atoms with E-state index in [1.54, 1.807) is 6.08 Å². The lowest BCUT2D eigenvalue weighted by Gasteiger charge is -2.64. The summed E-state index contributed by atoms with van der Waals surface area (Å²) in [5.74, 6) is 0.0509. The lowest BCUT2D eigenvalue weighted by Crippen LogP contribution is -2.65. The van der Waals surface area contributed by atoms with E-state index in [1.165, 1.54) is 4.90 Å². The molecule has 0 aromatic heterocycles. The molecule has 2 bridgehead atoms. The normalized spacial score (nSPS) is 31.9. The smallest absolute Gasteiger partial charge is 0.444 e. The maximum atomic E-state index is 13.6. The number of nitrogens with zero attached hydrogens (tertiary/aromatic N) is 2. The Morgan fingerprint density at radius 3 is 2.66 bits per heavy atom. The molecule has 1 aromatic carbocycles. The first-order chi connectivity index (χ1) is 18.1. The zero-order valence-electron chi connectivity index (χ0n) is 22.7. The van der Waals surface area contributed by atoms with Crippen LogP contribution >= 0.6 is 0 Å². The predicted molar refractivity (Wildman–Crippen MR) is 142 cm³/mol. The third kappa shape index (κ3) is 4.41. The molecule has 0 spiro atoms. The van der Waals surface area contributed by atoms with Crippen molar-refractivity contribution in [1.29, 1.82) is 0 Å². The molecule has 9 nitrogen and oxygen atoms in total. The van der Waals surface area contributed by atoms with Crippen molar-refractivity contribution in [2.24, 2.45) is 17.3 Å². The molecule has 3 unspecified atom stereocenters. The number of carbonyl (C=O) groups excluding carboxylic acids is 3. The van der Waals surface area contributed by atoms with Gasteiger partial charge in [0.2, 0.25) is 5.91 Å². The Bertz CT molecular complexity index is 1100. The summed E-state index contributed by atoms with van der Waals surface area (Å²) in [5, 5.41) is 3.01. The molecule has 6 rings (SSSR count). The molecule has 2 heterocycles. The average molecular weight is 523 g/mol. The minimum absolute atomic E-state index is 0.00520. The molecule has 10 heteroatoms. The van der Waals surface area contributed by atoms with Crippen molar-refractivity contribution in [2.45, 2.75) is 77.3 Å². The summed E-state index contributed by atoms with van der Waals surface area (Å²) in [6.45, 7) is 12.9. The highest BCUT2D eigenvalue weighted by Crippen LogP contribution is 2.65. The van der Waals surface area contributed by atoms with Crippen molar-refractivity contribution >= 4 is 25.1 Å². The van der Waals surface area contributed by atoms with Gasteiger partial charge in [-0.15, -0.1) is 6.58 Å². The molecule has 6 atom stereocenters. The first-order valence-electron chi connectivity index (χ1n) is 13.6. The number of urea groups is 1. The first-order valence-corrected chi connectivity index (χ1v) is 13.6. The van der Waals surface area contributed by atoms with Gasteiger partial charge in [0.05, 0.1) is 24.2 Å². The van der Waals surface area contributed by atoms with Crippen LogP contribution in [-0.4, -0.2) is 71.7 Å². The molecular formula is C28H38BN3O6. The highest BCUT2D eigenvalue weighted by Gasteiger charge is 2.68. The number of hydrogen-bond donors (Lipinski definition) is 1. The molecular weight excluding hydrogens is 485 g/mol. The van der Waals surface area contributed by atoms with Crippen LogP contribution in [0.15, 0.2) is 43.0 Å². The fourth-order valence-electron chi connectivity index (χ4n) is 6.88.